The first-order valence-corrected chi connectivity index (χ1v) is 10.3. The SMILES string of the molecule is CSc1nnc(Sc2cc(Br)ccc2CNCC(C)C)s1. The Morgan fingerprint density at radius 2 is 2.05 bits per heavy atom. The third kappa shape index (κ3) is 5.56. The van der Waals surface area contributed by atoms with Crippen LogP contribution in [0.15, 0.2) is 36.2 Å². The van der Waals surface area contributed by atoms with Gasteiger partial charge in [-0.3, -0.25) is 0 Å². The van der Waals surface area contributed by atoms with Crippen molar-refractivity contribution in [1.82, 2.24) is 15.5 Å². The number of nitrogens with one attached hydrogen (secondary N) is 1. The zero-order chi connectivity index (χ0) is 15.2. The zero-order valence-electron chi connectivity index (χ0n) is 12.2. The number of hydrogen-bond donors (Lipinski definition) is 1. The molecule has 3 nitrogen and oxygen atoms in total. The molecule has 0 aliphatic carbocycles. The summed E-state index contributed by atoms with van der Waals surface area (Å²) in [6, 6.07) is 6.40. The predicted molar refractivity (Wildman–Crippen MR) is 96.5 cm³/mol. The Morgan fingerprint density at radius 1 is 1.29 bits per heavy atom. The van der Waals surface area contributed by atoms with Gasteiger partial charge in [-0.2, -0.15) is 0 Å². The van der Waals surface area contributed by atoms with E-state index >= 15 is 0 Å². The summed E-state index contributed by atoms with van der Waals surface area (Å²) in [7, 11) is 0. The van der Waals surface area contributed by atoms with Gasteiger partial charge >= 0.3 is 0 Å². The molecule has 114 valence electrons. The van der Waals surface area contributed by atoms with Crippen molar-refractivity contribution in [3.63, 3.8) is 0 Å². The van der Waals surface area contributed by atoms with Crippen LogP contribution in [0.5, 0.6) is 0 Å². The highest BCUT2D eigenvalue weighted by Gasteiger charge is 2.10. The molecule has 0 aliphatic rings. The lowest BCUT2D eigenvalue weighted by Crippen LogP contribution is -2.19. The summed E-state index contributed by atoms with van der Waals surface area (Å²) in [6.45, 7) is 6.34. The minimum absolute atomic E-state index is 0.656. The standard InChI is InChI=1S/C14H18BrN3S3/c1-9(2)7-16-8-10-4-5-11(15)6-12(10)20-14-18-17-13(19-3)21-14/h4-6,9,16H,7-8H2,1-3H3. The van der Waals surface area contributed by atoms with Gasteiger partial charge in [-0.25, -0.2) is 0 Å². The summed E-state index contributed by atoms with van der Waals surface area (Å²) in [6.07, 6.45) is 2.02. The largest absolute Gasteiger partial charge is 0.312 e. The third-order valence-electron chi connectivity index (χ3n) is 2.66. The Hall–Kier alpha value is -0.0800. The molecule has 0 saturated carbocycles. The molecule has 0 radical (unpaired) electrons. The molecule has 0 aliphatic heterocycles. The Bertz CT molecular complexity index is 587. The van der Waals surface area contributed by atoms with Crippen molar-refractivity contribution in [2.75, 3.05) is 12.8 Å². The second-order valence-electron chi connectivity index (χ2n) is 4.92. The van der Waals surface area contributed by atoms with Crippen LogP contribution in [0.2, 0.25) is 0 Å². The third-order valence-corrected chi connectivity index (χ3v) is 6.20. The fourth-order valence-corrected chi connectivity index (χ4v) is 4.76. The number of benzene rings is 1. The van der Waals surface area contributed by atoms with E-state index < -0.39 is 0 Å². The van der Waals surface area contributed by atoms with Crippen LogP contribution in [0.25, 0.3) is 0 Å². The summed E-state index contributed by atoms with van der Waals surface area (Å²) in [4.78, 5) is 1.23. The van der Waals surface area contributed by atoms with Crippen LogP contribution in [-0.4, -0.2) is 23.0 Å². The van der Waals surface area contributed by atoms with Crippen molar-refractivity contribution in [2.24, 2.45) is 5.92 Å². The van der Waals surface area contributed by atoms with E-state index in [-0.39, 0.29) is 0 Å². The molecule has 1 aromatic carbocycles. The smallest absolute Gasteiger partial charge is 0.179 e. The van der Waals surface area contributed by atoms with Crippen LogP contribution >= 0.6 is 50.8 Å². The maximum absolute atomic E-state index is 4.24. The first-order chi connectivity index (χ1) is 10.1. The van der Waals surface area contributed by atoms with Gasteiger partial charge < -0.3 is 5.32 Å². The molecular formula is C14H18BrN3S3. The number of thioether (sulfide) groups is 1. The highest BCUT2D eigenvalue weighted by atomic mass is 79.9. The normalized spacial score (nSPS) is 11.3. The highest BCUT2D eigenvalue weighted by molar-refractivity contribution is 9.10. The zero-order valence-corrected chi connectivity index (χ0v) is 16.3. The Kier molecular flexibility index (Phi) is 7.01. The number of rotatable bonds is 7. The van der Waals surface area contributed by atoms with Crippen molar-refractivity contribution in [3.05, 3.63) is 28.2 Å². The maximum atomic E-state index is 4.24. The van der Waals surface area contributed by atoms with Crippen LogP contribution in [-0.2, 0) is 6.54 Å². The molecule has 0 spiro atoms. The average Bonchev–Trinajstić information content (AvgIpc) is 2.88. The van der Waals surface area contributed by atoms with Gasteiger partial charge in [-0.1, -0.05) is 70.7 Å². The molecule has 2 aromatic rings. The number of halogens is 1. The predicted octanol–water partition coefficient (Wildman–Crippen LogP) is 4.92. The van der Waals surface area contributed by atoms with Gasteiger partial charge in [0.2, 0.25) is 0 Å². The molecule has 7 heteroatoms. The first-order valence-electron chi connectivity index (χ1n) is 6.63. The van der Waals surface area contributed by atoms with Crippen molar-refractivity contribution in [3.8, 4) is 0 Å². The van der Waals surface area contributed by atoms with Crippen LogP contribution < -0.4 is 5.32 Å². The number of hydrogen-bond acceptors (Lipinski definition) is 6. The van der Waals surface area contributed by atoms with Crippen LogP contribution in [0.4, 0.5) is 0 Å². The fourth-order valence-electron chi connectivity index (χ4n) is 1.68. The Morgan fingerprint density at radius 3 is 2.71 bits per heavy atom. The topological polar surface area (TPSA) is 37.8 Å². The molecule has 0 unspecified atom stereocenters. The molecule has 0 fully saturated rings. The van der Waals surface area contributed by atoms with E-state index in [1.54, 1.807) is 34.9 Å². The molecule has 1 heterocycles. The highest BCUT2D eigenvalue weighted by Crippen LogP contribution is 2.35. The quantitative estimate of drug-likeness (QED) is 0.663. The van der Waals surface area contributed by atoms with Gasteiger partial charge in [0.1, 0.15) is 0 Å². The van der Waals surface area contributed by atoms with Gasteiger partial charge in [0, 0.05) is 15.9 Å². The van der Waals surface area contributed by atoms with Crippen molar-refractivity contribution >= 4 is 50.8 Å². The van der Waals surface area contributed by atoms with E-state index in [9.17, 15) is 0 Å². The van der Waals surface area contributed by atoms with Crippen molar-refractivity contribution in [1.29, 1.82) is 0 Å². The van der Waals surface area contributed by atoms with Gasteiger partial charge in [0.15, 0.2) is 8.68 Å². The van der Waals surface area contributed by atoms with E-state index in [4.69, 9.17) is 0 Å². The maximum Gasteiger partial charge on any atom is 0.179 e. The van der Waals surface area contributed by atoms with Gasteiger partial charge in [0.05, 0.1) is 0 Å². The summed E-state index contributed by atoms with van der Waals surface area (Å²) >= 11 is 8.51. The minimum Gasteiger partial charge on any atom is -0.312 e. The lowest BCUT2D eigenvalue weighted by Gasteiger charge is -2.11. The van der Waals surface area contributed by atoms with E-state index in [2.05, 4.69) is 63.5 Å². The van der Waals surface area contributed by atoms with Gasteiger partial charge in [0.25, 0.3) is 0 Å². The molecule has 1 N–H and O–H groups in total. The van der Waals surface area contributed by atoms with Crippen LogP contribution in [0.3, 0.4) is 0 Å². The molecule has 1 aromatic heterocycles. The molecule has 0 bridgehead atoms. The van der Waals surface area contributed by atoms with E-state index in [1.165, 1.54) is 10.5 Å². The van der Waals surface area contributed by atoms with Gasteiger partial charge in [-0.15, -0.1) is 10.2 Å². The van der Waals surface area contributed by atoms with Gasteiger partial charge in [-0.05, 0) is 36.4 Å². The van der Waals surface area contributed by atoms with E-state index in [0.29, 0.717) is 5.92 Å². The molecule has 0 atom stereocenters. The second-order valence-corrected chi connectivity index (χ2v) is 9.15. The van der Waals surface area contributed by atoms with Crippen molar-refractivity contribution < 1.29 is 0 Å². The summed E-state index contributed by atoms with van der Waals surface area (Å²) in [5, 5.41) is 11.9. The number of nitrogens with zero attached hydrogens (tertiary/aromatic N) is 2. The second kappa shape index (κ2) is 8.53. The van der Waals surface area contributed by atoms with E-state index in [0.717, 1.165) is 26.2 Å². The number of aromatic nitrogens is 2. The Labute approximate surface area is 146 Å². The molecule has 0 saturated heterocycles. The van der Waals surface area contributed by atoms with Crippen molar-refractivity contribution in [2.45, 2.75) is 34.0 Å². The lowest BCUT2D eigenvalue weighted by molar-refractivity contribution is 0.550. The molecule has 21 heavy (non-hydrogen) atoms. The molecule has 0 amide bonds. The summed E-state index contributed by atoms with van der Waals surface area (Å²) < 4.78 is 3.08. The van der Waals surface area contributed by atoms with Crippen LogP contribution in [0.1, 0.15) is 19.4 Å². The average molecular weight is 404 g/mol. The lowest BCUT2D eigenvalue weighted by atomic mass is 10.2. The summed E-state index contributed by atoms with van der Waals surface area (Å²) in [5.74, 6) is 0.656. The fraction of sp³-hybridized carbons (Fsp3) is 0.429. The Balaban J connectivity index is 2.10. The molecule has 2 rings (SSSR count). The van der Waals surface area contributed by atoms with E-state index in [1.807, 2.05) is 6.26 Å². The molecular weight excluding hydrogens is 386 g/mol. The van der Waals surface area contributed by atoms with Crippen LogP contribution in [0, 0.1) is 5.92 Å². The monoisotopic (exact) mass is 403 g/mol. The first kappa shape index (κ1) is 17.3. The minimum atomic E-state index is 0.656. The summed E-state index contributed by atoms with van der Waals surface area (Å²) in [5.41, 5.74) is 1.30.